The Labute approximate surface area is 143 Å². The second-order valence-corrected chi connectivity index (χ2v) is 7.92. The third kappa shape index (κ3) is 3.44. The molecule has 1 heterocycles. The lowest BCUT2D eigenvalue weighted by atomic mass is 10.1. The first-order valence-corrected chi connectivity index (χ1v) is 9.45. The Morgan fingerprint density at radius 2 is 1.50 bits per heavy atom. The predicted octanol–water partition coefficient (Wildman–Crippen LogP) is 4.13. The molecule has 24 heavy (non-hydrogen) atoms. The third-order valence-electron chi connectivity index (χ3n) is 4.09. The number of aromatic nitrogens is 1. The first kappa shape index (κ1) is 16.5. The van der Waals surface area contributed by atoms with Crippen LogP contribution in [0.2, 0.25) is 0 Å². The molecule has 4 heteroatoms. The summed E-state index contributed by atoms with van der Waals surface area (Å²) in [5.41, 5.74) is 4.02. The van der Waals surface area contributed by atoms with Crippen molar-refractivity contribution in [3.8, 4) is 0 Å². The highest BCUT2D eigenvalue weighted by Gasteiger charge is 2.20. The monoisotopic (exact) mass is 339 g/mol. The molecule has 0 fully saturated rings. The van der Waals surface area contributed by atoms with E-state index in [4.69, 9.17) is 0 Å². The van der Waals surface area contributed by atoms with Gasteiger partial charge in [-0.3, -0.25) is 0 Å². The fraction of sp³-hybridized carbons (Fsp3) is 0.200. The zero-order valence-corrected chi connectivity index (χ0v) is 14.8. The van der Waals surface area contributed by atoms with Crippen LogP contribution in [0.4, 0.5) is 0 Å². The molecular weight excluding hydrogens is 318 g/mol. The molecule has 2 aromatic carbocycles. The smallest absolute Gasteiger partial charge is 0.246 e. The molecule has 0 radical (unpaired) electrons. The van der Waals surface area contributed by atoms with Crippen LogP contribution in [-0.4, -0.2) is 12.4 Å². The van der Waals surface area contributed by atoms with Crippen molar-refractivity contribution in [3.63, 3.8) is 0 Å². The van der Waals surface area contributed by atoms with Crippen LogP contribution >= 0.6 is 0 Å². The van der Waals surface area contributed by atoms with Crippen molar-refractivity contribution in [1.82, 2.24) is 3.97 Å². The summed E-state index contributed by atoms with van der Waals surface area (Å²) in [5.74, 6) is 0. The average Bonchev–Trinajstić information content (AvgIpc) is 2.96. The topological polar surface area (TPSA) is 39.1 Å². The van der Waals surface area contributed by atoms with Gasteiger partial charge in [0.1, 0.15) is 0 Å². The summed E-state index contributed by atoms with van der Waals surface area (Å²) >= 11 is 0. The fourth-order valence-corrected chi connectivity index (χ4v) is 4.24. The summed E-state index contributed by atoms with van der Waals surface area (Å²) in [6.45, 7) is 3.87. The Hall–Kier alpha value is -2.33. The van der Waals surface area contributed by atoms with Crippen LogP contribution in [0.25, 0.3) is 0 Å². The van der Waals surface area contributed by atoms with Crippen molar-refractivity contribution >= 4 is 10.0 Å². The van der Waals surface area contributed by atoms with E-state index in [1.54, 1.807) is 18.3 Å². The molecule has 0 amide bonds. The van der Waals surface area contributed by atoms with Gasteiger partial charge in [-0.05, 0) is 56.0 Å². The van der Waals surface area contributed by atoms with E-state index >= 15 is 0 Å². The number of nitrogens with zero attached hydrogens (tertiary/aromatic N) is 1. The molecule has 0 saturated carbocycles. The maximum atomic E-state index is 13.0. The van der Waals surface area contributed by atoms with Crippen molar-refractivity contribution in [2.75, 3.05) is 0 Å². The van der Waals surface area contributed by atoms with E-state index in [-0.39, 0.29) is 0 Å². The molecule has 0 atom stereocenters. The van der Waals surface area contributed by atoms with Gasteiger partial charge in [0.05, 0.1) is 4.90 Å². The van der Waals surface area contributed by atoms with E-state index in [2.05, 4.69) is 12.1 Å². The summed E-state index contributed by atoms with van der Waals surface area (Å²) in [5, 5.41) is 0. The van der Waals surface area contributed by atoms with Gasteiger partial charge in [0.15, 0.2) is 0 Å². The molecule has 124 valence electrons. The molecule has 0 saturated heterocycles. The van der Waals surface area contributed by atoms with Gasteiger partial charge >= 0.3 is 0 Å². The Morgan fingerprint density at radius 3 is 2.17 bits per heavy atom. The van der Waals surface area contributed by atoms with Gasteiger partial charge in [-0.15, -0.1) is 0 Å². The van der Waals surface area contributed by atoms with E-state index in [1.165, 1.54) is 9.54 Å². The van der Waals surface area contributed by atoms with E-state index in [0.717, 1.165) is 23.2 Å². The first-order valence-electron chi connectivity index (χ1n) is 8.01. The lowest BCUT2D eigenvalue weighted by Crippen LogP contribution is -2.15. The molecule has 0 N–H and O–H groups in total. The summed E-state index contributed by atoms with van der Waals surface area (Å²) in [4.78, 5) is 0.324. The Morgan fingerprint density at radius 1 is 0.833 bits per heavy atom. The number of hydrogen-bond acceptors (Lipinski definition) is 2. The molecule has 0 spiro atoms. The normalized spacial score (nSPS) is 11.6. The number of hydrogen-bond donors (Lipinski definition) is 0. The van der Waals surface area contributed by atoms with Gasteiger partial charge in [-0.2, -0.15) is 0 Å². The number of benzene rings is 2. The van der Waals surface area contributed by atoms with Crippen LogP contribution in [0.15, 0.2) is 71.8 Å². The van der Waals surface area contributed by atoms with Crippen LogP contribution < -0.4 is 0 Å². The quantitative estimate of drug-likeness (QED) is 0.701. The second-order valence-electron chi connectivity index (χ2n) is 6.11. The van der Waals surface area contributed by atoms with E-state index in [0.29, 0.717) is 11.3 Å². The largest absolute Gasteiger partial charge is 0.267 e. The van der Waals surface area contributed by atoms with E-state index in [1.807, 2.05) is 50.2 Å². The fourth-order valence-electron chi connectivity index (χ4n) is 2.78. The maximum absolute atomic E-state index is 13.0. The highest BCUT2D eigenvalue weighted by molar-refractivity contribution is 7.90. The molecule has 0 bridgehead atoms. The Kier molecular flexibility index (Phi) is 4.58. The summed E-state index contributed by atoms with van der Waals surface area (Å²) in [7, 11) is -3.55. The molecule has 0 aliphatic carbocycles. The van der Waals surface area contributed by atoms with Crippen LogP contribution in [0.3, 0.4) is 0 Å². The minimum absolute atomic E-state index is 0.324. The Balaban J connectivity index is 1.92. The lowest BCUT2D eigenvalue weighted by molar-refractivity contribution is 0.585. The maximum Gasteiger partial charge on any atom is 0.267 e. The van der Waals surface area contributed by atoms with Gasteiger partial charge in [0, 0.05) is 11.9 Å². The molecule has 3 rings (SSSR count). The molecule has 3 aromatic rings. The minimum Gasteiger partial charge on any atom is -0.246 e. The van der Waals surface area contributed by atoms with Crippen LogP contribution in [0.5, 0.6) is 0 Å². The van der Waals surface area contributed by atoms with Crippen molar-refractivity contribution in [2.24, 2.45) is 0 Å². The highest BCUT2D eigenvalue weighted by atomic mass is 32.2. The summed E-state index contributed by atoms with van der Waals surface area (Å²) in [6, 6.07) is 19.1. The lowest BCUT2D eigenvalue weighted by Gasteiger charge is -2.11. The molecule has 0 aliphatic rings. The van der Waals surface area contributed by atoms with Crippen molar-refractivity contribution in [1.29, 1.82) is 0 Å². The van der Waals surface area contributed by atoms with Gasteiger partial charge in [-0.1, -0.05) is 48.0 Å². The molecule has 0 aliphatic heterocycles. The zero-order chi connectivity index (χ0) is 17.2. The second kappa shape index (κ2) is 6.65. The standard InChI is InChI=1S/C20H21NO2S/c1-16-8-12-20(13-9-16)24(22,23)21-15-17(2)14-19(21)11-10-18-6-4-3-5-7-18/h3-9,12-15H,10-11H2,1-2H3. The van der Waals surface area contributed by atoms with Crippen molar-refractivity contribution in [3.05, 3.63) is 89.2 Å². The molecule has 1 aromatic heterocycles. The van der Waals surface area contributed by atoms with Gasteiger partial charge in [0.2, 0.25) is 0 Å². The number of aryl methyl sites for hydroxylation is 4. The van der Waals surface area contributed by atoms with Crippen LogP contribution in [0.1, 0.15) is 22.4 Å². The Bertz CT molecular complexity index is 924. The predicted molar refractivity (Wildman–Crippen MR) is 96.8 cm³/mol. The average molecular weight is 339 g/mol. The van der Waals surface area contributed by atoms with Gasteiger partial charge in [0.25, 0.3) is 10.0 Å². The SMILES string of the molecule is Cc1ccc(S(=O)(=O)n2cc(C)cc2CCc2ccccc2)cc1. The highest BCUT2D eigenvalue weighted by Crippen LogP contribution is 2.20. The van der Waals surface area contributed by atoms with E-state index in [9.17, 15) is 8.42 Å². The third-order valence-corrected chi connectivity index (χ3v) is 5.81. The summed E-state index contributed by atoms with van der Waals surface area (Å²) < 4.78 is 27.3. The molecule has 0 unspecified atom stereocenters. The van der Waals surface area contributed by atoms with Gasteiger partial charge < -0.3 is 0 Å². The van der Waals surface area contributed by atoms with Crippen LogP contribution in [0, 0.1) is 13.8 Å². The molecular formula is C20H21NO2S. The zero-order valence-electron chi connectivity index (χ0n) is 13.9. The molecule has 3 nitrogen and oxygen atoms in total. The van der Waals surface area contributed by atoms with Crippen molar-refractivity contribution in [2.45, 2.75) is 31.6 Å². The van der Waals surface area contributed by atoms with Crippen LogP contribution in [-0.2, 0) is 22.9 Å². The van der Waals surface area contributed by atoms with Gasteiger partial charge in [-0.25, -0.2) is 12.4 Å². The summed E-state index contributed by atoms with van der Waals surface area (Å²) in [6.07, 6.45) is 3.20. The minimum atomic E-state index is -3.55. The number of rotatable bonds is 5. The van der Waals surface area contributed by atoms with E-state index < -0.39 is 10.0 Å². The first-order chi connectivity index (χ1) is 11.5. The van der Waals surface area contributed by atoms with Crippen molar-refractivity contribution < 1.29 is 8.42 Å².